The van der Waals surface area contributed by atoms with Gasteiger partial charge in [0.15, 0.2) is 0 Å². The molecule has 0 saturated heterocycles. The molecule has 0 nitrogen and oxygen atoms in total. The van der Waals surface area contributed by atoms with Crippen LogP contribution in [0.4, 0.5) is 0 Å². The average Bonchev–Trinajstić information content (AvgIpc) is 2.33. The summed E-state index contributed by atoms with van der Waals surface area (Å²) in [6, 6.07) is 10.3. The van der Waals surface area contributed by atoms with Crippen LogP contribution >= 0.6 is 0 Å². The summed E-state index contributed by atoms with van der Waals surface area (Å²) in [7, 11) is 0. The van der Waals surface area contributed by atoms with Gasteiger partial charge in [0, 0.05) is 5.94 Å². The largest absolute Gasteiger partial charge is 0.0842 e. The third kappa shape index (κ3) is 2.06. The Morgan fingerprint density at radius 2 is 2.10 bits per heavy atom. The molecular weight excluding hydrogens is 120 g/mol. The second kappa shape index (κ2) is 3.89. The highest BCUT2D eigenvalue weighted by atomic mass is 13.8. The molecule has 0 aromatic heterocycles. The van der Waals surface area contributed by atoms with E-state index in [0.29, 0.717) is 0 Å². The Hall–Kier alpha value is -1.04. The van der Waals surface area contributed by atoms with Crippen LogP contribution in [0.5, 0.6) is 0 Å². The monoisotopic (exact) mass is 140 g/mol. The van der Waals surface area contributed by atoms with E-state index in [-0.39, 0.29) is 0 Å². The molecule has 0 saturated carbocycles. The molecule has 0 unspecified atom stereocenters. The number of rotatable bonds is 2. The van der Waals surface area contributed by atoms with Gasteiger partial charge in [0.1, 0.15) is 0 Å². The van der Waals surface area contributed by atoms with E-state index in [1.165, 1.54) is 5.56 Å². The van der Waals surface area contributed by atoms with Crippen molar-refractivity contribution in [3.63, 3.8) is 0 Å². The van der Waals surface area contributed by atoms with Crippen LogP contribution in [0.15, 0.2) is 36.4 Å². The van der Waals surface area contributed by atoms with Gasteiger partial charge in [0.25, 0.3) is 0 Å². The maximum absolute atomic E-state index is 5.00. The highest BCUT2D eigenvalue weighted by Crippen LogP contribution is 2.00. The van der Waals surface area contributed by atoms with Gasteiger partial charge in [-0.2, -0.15) is 0 Å². The number of hydrogen-bond acceptors (Lipinski definition) is 0. The van der Waals surface area contributed by atoms with Crippen LogP contribution in [0.2, 0.25) is 0 Å². The van der Waals surface area contributed by atoms with Gasteiger partial charge >= 0.3 is 0 Å². The van der Waals surface area contributed by atoms with Gasteiger partial charge in [-0.15, -0.1) is 0 Å². The van der Waals surface area contributed by atoms with Gasteiger partial charge in [-0.25, -0.2) is 0 Å². The molecule has 0 heterocycles. The molecule has 0 aliphatic rings. The van der Waals surface area contributed by atoms with Gasteiger partial charge in [0.2, 0.25) is 0 Å². The van der Waals surface area contributed by atoms with Crippen LogP contribution in [-0.2, 0) is 0 Å². The summed E-state index contributed by atoms with van der Waals surface area (Å²) in [5.41, 5.74) is 1.28. The van der Waals surface area contributed by atoms with Crippen LogP contribution < -0.4 is 0 Å². The molecular formula is C10H16. The molecule has 0 aliphatic heterocycles. The zero-order chi connectivity index (χ0) is 11.2. The molecule has 0 fully saturated rings. The Bertz CT molecular complexity index is 209. The molecule has 10 heavy (non-hydrogen) atoms. The Balaban J connectivity index is 0. The van der Waals surface area contributed by atoms with Gasteiger partial charge in [-0.05, 0) is 12.0 Å². The van der Waals surface area contributed by atoms with E-state index in [1.54, 1.807) is 0 Å². The van der Waals surface area contributed by atoms with Crippen molar-refractivity contribution in [2.75, 3.05) is 0 Å². The van der Waals surface area contributed by atoms with Crippen molar-refractivity contribution >= 4 is 6.08 Å². The van der Waals surface area contributed by atoms with E-state index in [4.69, 9.17) is 5.94 Å². The molecule has 0 spiro atoms. The Morgan fingerprint density at radius 3 is 2.70 bits per heavy atom. The van der Waals surface area contributed by atoms with E-state index in [0.717, 1.165) is 6.42 Å². The lowest BCUT2D eigenvalue weighted by Crippen LogP contribution is -1.66. The maximum Gasteiger partial charge on any atom is 0 e. The summed E-state index contributed by atoms with van der Waals surface area (Å²) < 4.78 is 20.0. The zero-order valence-corrected chi connectivity index (χ0v) is 6.25. The number of hydrogen-bond donors (Lipinski definition) is 0. The zero-order valence-electron chi connectivity index (χ0n) is 10.2. The normalized spacial score (nSPS) is 12.1. The minimum absolute atomic E-state index is 1.11. The van der Waals surface area contributed by atoms with Gasteiger partial charge in [-0.1, -0.05) is 49.4 Å². The predicted molar refractivity (Wildman–Crippen MR) is 50.0 cm³/mol. The van der Waals surface area contributed by atoms with Crippen molar-refractivity contribution < 1.29 is 5.94 Å². The van der Waals surface area contributed by atoms with E-state index in [2.05, 4.69) is 43.3 Å². The van der Waals surface area contributed by atoms with Crippen molar-refractivity contribution in [3.8, 4) is 0 Å². The fourth-order valence-electron chi connectivity index (χ4n) is 0.818. The molecule has 0 amide bonds. The van der Waals surface area contributed by atoms with Crippen molar-refractivity contribution in [2.24, 2.45) is 0 Å². The van der Waals surface area contributed by atoms with Crippen molar-refractivity contribution in [1.82, 2.24) is 0 Å². The van der Waals surface area contributed by atoms with Crippen LogP contribution in [0.25, 0.3) is 6.08 Å². The molecule has 1 aromatic carbocycles. The van der Waals surface area contributed by atoms with Gasteiger partial charge in [0.05, 0.1) is 0 Å². The fraction of sp³-hybridized carbons (Fsp3) is 0.200. The molecule has 0 N–H and O–H groups in total. The Morgan fingerprint density at radius 1 is 1.40 bits per heavy atom. The van der Waals surface area contributed by atoms with Crippen LogP contribution in [0, 0.1) is 0 Å². The Labute approximate surface area is 68.4 Å². The highest BCUT2D eigenvalue weighted by Gasteiger charge is 1.78. The van der Waals surface area contributed by atoms with E-state index in [9.17, 15) is 0 Å². The van der Waals surface area contributed by atoms with E-state index < -0.39 is 0 Å². The molecule has 1 rings (SSSR count). The summed E-state index contributed by atoms with van der Waals surface area (Å²) in [5, 5.41) is 0. The first kappa shape index (κ1) is 4.73. The molecule has 0 heteroatoms. The maximum atomic E-state index is 5.00. The lowest BCUT2D eigenvalue weighted by atomic mass is 10.2. The molecule has 1 aromatic rings. The minimum atomic E-state index is 1.11. The van der Waals surface area contributed by atoms with Crippen molar-refractivity contribution in [3.05, 3.63) is 42.0 Å². The lowest BCUT2D eigenvalue weighted by Gasteiger charge is -1.88. The van der Waals surface area contributed by atoms with Crippen LogP contribution in [-0.4, -0.2) is 0 Å². The third-order valence-electron chi connectivity index (χ3n) is 1.35. The molecule has 56 valence electrons. The highest BCUT2D eigenvalue weighted by molar-refractivity contribution is 5.48. The summed E-state index contributed by atoms with van der Waals surface area (Å²) in [6.45, 7) is 2.14. The second-order valence-electron chi connectivity index (χ2n) is 2.22. The van der Waals surface area contributed by atoms with Gasteiger partial charge < -0.3 is 0 Å². The molecule has 0 atom stereocenters. The van der Waals surface area contributed by atoms with E-state index >= 15 is 0 Å². The lowest BCUT2D eigenvalue weighted by molar-refractivity contribution is 1.23. The Kier molecular flexibility index (Phi) is 1.84. The smallest absolute Gasteiger partial charge is 0 e. The van der Waals surface area contributed by atoms with Gasteiger partial charge in [-0.3, -0.25) is 0 Å². The minimum Gasteiger partial charge on any atom is -0.0842 e. The SMILES string of the molecule is CC/C=C/c1ccccc1.[2H][2H].[2H][2H]. The summed E-state index contributed by atoms with van der Waals surface area (Å²) in [6.07, 6.45) is 5.41. The summed E-state index contributed by atoms with van der Waals surface area (Å²) in [4.78, 5) is 0. The first-order valence-electron chi connectivity index (χ1n) is 5.65. The van der Waals surface area contributed by atoms with Crippen LogP contribution in [0.3, 0.4) is 0 Å². The van der Waals surface area contributed by atoms with Crippen LogP contribution in [0.1, 0.15) is 24.8 Å². The first-order valence-corrected chi connectivity index (χ1v) is 3.65. The number of allylic oxidation sites excluding steroid dienone is 1. The number of benzene rings is 1. The van der Waals surface area contributed by atoms with Crippen molar-refractivity contribution in [1.29, 1.82) is 0 Å². The van der Waals surface area contributed by atoms with E-state index in [1.807, 2.05) is 6.07 Å². The predicted octanol–water partition coefficient (Wildman–Crippen LogP) is 3.60. The standard InChI is InChI=1S/C10H12.2H2/c1-2-3-7-10-8-5-4-6-9-10;;/h3-9H,2H2,1H3;2*1H/b7-3+;;/i;2*1+1D. The summed E-state index contributed by atoms with van der Waals surface area (Å²) >= 11 is 0. The topological polar surface area (TPSA) is 0 Å². The molecule has 0 bridgehead atoms. The first-order chi connectivity index (χ1) is 6.93. The second-order valence-corrected chi connectivity index (χ2v) is 2.22. The quantitative estimate of drug-likeness (QED) is 0.588. The fourth-order valence-corrected chi connectivity index (χ4v) is 0.818. The van der Waals surface area contributed by atoms with Crippen molar-refractivity contribution in [2.45, 2.75) is 13.3 Å². The molecule has 0 aliphatic carbocycles. The third-order valence-corrected chi connectivity index (χ3v) is 1.35. The molecule has 0 radical (unpaired) electrons. The summed E-state index contributed by atoms with van der Waals surface area (Å²) in [5.74, 6) is 0. The average molecular weight is 140 g/mol.